The van der Waals surface area contributed by atoms with Gasteiger partial charge >= 0.3 is 0 Å². The first-order chi connectivity index (χ1) is 29.8. The maximum absolute atomic E-state index is 4.95. The van der Waals surface area contributed by atoms with Crippen LogP contribution >= 0.6 is 0 Å². The van der Waals surface area contributed by atoms with Gasteiger partial charge in [-0.05, 0) is 86.1 Å². The lowest BCUT2D eigenvalue weighted by molar-refractivity contribution is 0.556. The molecule has 4 heteroatoms. The molecule has 0 saturated heterocycles. The van der Waals surface area contributed by atoms with Crippen molar-refractivity contribution in [2.24, 2.45) is 4.99 Å². The van der Waals surface area contributed by atoms with Crippen LogP contribution in [-0.4, -0.2) is 17.3 Å². The first-order valence-corrected chi connectivity index (χ1v) is 20.7. The maximum Gasteiger partial charge on any atom is 0.125 e. The lowest BCUT2D eigenvalue weighted by atomic mass is 9.95. The van der Waals surface area contributed by atoms with Crippen molar-refractivity contribution in [2.75, 3.05) is 11.9 Å². The van der Waals surface area contributed by atoms with Gasteiger partial charge in [0.1, 0.15) is 6.17 Å². The normalized spacial score (nSPS) is 12.7. The minimum absolute atomic E-state index is 0.166. The van der Waals surface area contributed by atoms with Gasteiger partial charge in [-0.3, -0.25) is 10.3 Å². The molecule has 1 unspecified atom stereocenters. The van der Waals surface area contributed by atoms with E-state index in [9.17, 15) is 0 Å². The fourth-order valence-corrected chi connectivity index (χ4v) is 8.45. The third kappa shape index (κ3) is 7.48. The Labute approximate surface area is 351 Å². The molecule has 0 aliphatic carbocycles. The number of fused-ring (bicyclic) bond motifs is 7. The Balaban J connectivity index is 1.02. The van der Waals surface area contributed by atoms with E-state index in [1.807, 2.05) is 30.5 Å². The molecule has 1 atom stereocenters. The van der Waals surface area contributed by atoms with Crippen LogP contribution in [0.5, 0.6) is 0 Å². The minimum atomic E-state index is -0.166. The Kier molecular flexibility index (Phi) is 10.3. The van der Waals surface area contributed by atoms with Crippen molar-refractivity contribution < 1.29 is 0 Å². The van der Waals surface area contributed by atoms with Gasteiger partial charge in [0, 0.05) is 41.3 Å². The number of hydrogen-bond acceptors (Lipinski definition) is 3. The maximum atomic E-state index is 4.95. The van der Waals surface area contributed by atoms with Crippen molar-refractivity contribution in [3.63, 3.8) is 0 Å². The molecule has 0 saturated carbocycles. The Bertz CT molecular complexity index is 3070. The highest BCUT2D eigenvalue weighted by molar-refractivity contribution is 6.13. The van der Waals surface area contributed by atoms with Gasteiger partial charge in [-0.2, -0.15) is 0 Å². The molecule has 4 nitrogen and oxygen atoms in total. The largest absolute Gasteiger partial charge is 0.381 e. The Hall–Kier alpha value is -7.53. The molecular formula is C56H44N4. The number of aromatic nitrogens is 1. The highest BCUT2D eigenvalue weighted by Gasteiger charge is 2.16. The third-order valence-electron chi connectivity index (χ3n) is 11.4. The first kappa shape index (κ1) is 36.8. The molecular weight excluding hydrogens is 729 g/mol. The van der Waals surface area contributed by atoms with Gasteiger partial charge in [-0.1, -0.05) is 182 Å². The summed E-state index contributed by atoms with van der Waals surface area (Å²) in [5.74, 6) is 0. The van der Waals surface area contributed by atoms with Crippen molar-refractivity contribution in [1.82, 2.24) is 9.88 Å². The average Bonchev–Trinajstić information content (AvgIpc) is 3.37. The summed E-state index contributed by atoms with van der Waals surface area (Å²) in [4.78, 5) is 4.95. The van der Waals surface area contributed by atoms with E-state index in [4.69, 9.17) is 4.99 Å². The van der Waals surface area contributed by atoms with E-state index in [0.29, 0.717) is 6.54 Å². The zero-order chi connectivity index (χ0) is 40.1. The van der Waals surface area contributed by atoms with Crippen LogP contribution in [0.2, 0.25) is 0 Å². The summed E-state index contributed by atoms with van der Waals surface area (Å²) in [7, 11) is 0. The van der Waals surface area contributed by atoms with E-state index in [-0.39, 0.29) is 6.17 Å². The Morgan fingerprint density at radius 3 is 1.90 bits per heavy atom. The van der Waals surface area contributed by atoms with Crippen molar-refractivity contribution in [3.05, 3.63) is 235 Å². The highest BCUT2D eigenvalue weighted by atomic mass is 15.1. The topological polar surface area (TPSA) is 41.4 Å². The number of nitrogens with one attached hydrogen (secondary N) is 2. The smallest absolute Gasteiger partial charge is 0.125 e. The van der Waals surface area contributed by atoms with Gasteiger partial charge in [-0.25, -0.2) is 0 Å². The van der Waals surface area contributed by atoms with Crippen molar-refractivity contribution >= 4 is 50.6 Å². The molecule has 1 aromatic heterocycles. The quantitative estimate of drug-likeness (QED) is 0.143. The Morgan fingerprint density at radius 1 is 0.533 bits per heavy atom. The van der Waals surface area contributed by atoms with Crippen LogP contribution in [0.4, 0.5) is 5.69 Å². The summed E-state index contributed by atoms with van der Waals surface area (Å²) in [5, 5.41) is 12.2. The molecule has 0 fully saturated rings. The predicted molar refractivity (Wildman–Crippen MR) is 254 cm³/mol. The molecule has 2 heterocycles. The number of nitrogens with zero attached hydrogens (tertiary/aromatic N) is 2. The van der Waals surface area contributed by atoms with Crippen LogP contribution in [-0.2, 0) is 6.54 Å². The average molecular weight is 773 g/mol. The molecule has 8 aromatic carbocycles. The summed E-state index contributed by atoms with van der Waals surface area (Å²) in [5.41, 5.74) is 13.9. The molecule has 288 valence electrons. The standard InChI is InChI=1S/C56H44N4/c1-4-16-40(17-5-1)38-58-56(44-19-6-2-7-20-44)59-39-41-18-14-21-45(36-41)42-29-31-43(32-30-42)46-33-34-48-50-26-15-35-57-55(50)51-25-11-13-28-54(51)60(47-22-8-3-9-23-47)53-27-12-10-24-49(53)52(48)37-46/h1-34,36-38,56-57,59H,35,39H2. The molecule has 0 amide bonds. The van der Waals surface area contributed by atoms with Crippen LogP contribution < -0.4 is 10.6 Å². The first-order valence-electron chi connectivity index (χ1n) is 20.7. The molecule has 0 radical (unpaired) electrons. The molecule has 10 rings (SSSR count). The van der Waals surface area contributed by atoms with Gasteiger partial charge in [0.2, 0.25) is 0 Å². The molecule has 0 spiro atoms. The van der Waals surface area contributed by atoms with Gasteiger partial charge in [0.05, 0.1) is 16.7 Å². The van der Waals surface area contributed by atoms with Crippen LogP contribution in [0.1, 0.15) is 28.4 Å². The molecule has 1 aliphatic rings. The second-order valence-corrected chi connectivity index (χ2v) is 15.2. The summed E-state index contributed by atoms with van der Waals surface area (Å²) in [6.07, 6.45) is 6.30. The minimum Gasteiger partial charge on any atom is -0.381 e. The second kappa shape index (κ2) is 16.8. The van der Waals surface area contributed by atoms with Crippen LogP contribution in [0.3, 0.4) is 0 Å². The molecule has 0 bridgehead atoms. The van der Waals surface area contributed by atoms with E-state index >= 15 is 0 Å². The number of para-hydroxylation sites is 3. The zero-order valence-corrected chi connectivity index (χ0v) is 33.2. The number of benzene rings is 8. The van der Waals surface area contributed by atoms with E-state index in [1.165, 1.54) is 54.9 Å². The van der Waals surface area contributed by atoms with E-state index in [0.717, 1.165) is 40.1 Å². The fourth-order valence-electron chi connectivity index (χ4n) is 8.45. The predicted octanol–water partition coefficient (Wildman–Crippen LogP) is 13.7. The van der Waals surface area contributed by atoms with Gasteiger partial charge in [0.15, 0.2) is 0 Å². The van der Waals surface area contributed by atoms with E-state index in [1.54, 1.807) is 0 Å². The van der Waals surface area contributed by atoms with E-state index in [2.05, 4.69) is 209 Å². The molecule has 60 heavy (non-hydrogen) atoms. The number of hydrogen-bond donors (Lipinski definition) is 2. The van der Waals surface area contributed by atoms with Crippen LogP contribution in [0, 0.1) is 0 Å². The lowest BCUT2D eigenvalue weighted by Gasteiger charge is -2.16. The van der Waals surface area contributed by atoms with Gasteiger partial charge in [0.25, 0.3) is 0 Å². The van der Waals surface area contributed by atoms with Gasteiger partial charge < -0.3 is 9.88 Å². The number of anilines is 1. The summed E-state index contributed by atoms with van der Waals surface area (Å²) < 4.78 is 2.41. The number of aliphatic imine (C=N–C) groups is 1. The molecule has 1 aliphatic heterocycles. The molecule has 2 N–H and O–H groups in total. The number of rotatable bonds is 9. The van der Waals surface area contributed by atoms with Crippen LogP contribution in [0.15, 0.2) is 217 Å². The lowest BCUT2D eigenvalue weighted by Crippen LogP contribution is -2.19. The monoisotopic (exact) mass is 772 g/mol. The fraction of sp³-hybridized carbons (Fsp3) is 0.0536. The zero-order valence-electron chi connectivity index (χ0n) is 33.2. The third-order valence-corrected chi connectivity index (χ3v) is 11.4. The van der Waals surface area contributed by atoms with Crippen LogP contribution in [0.25, 0.3) is 66.6 Å². The van der Waals surface area contributed by atoms with Crippen molar-refractivity contribution in [1.29, 1.82) is 0 Å². The second-order valence-electron chi connectivity index (χ2n) is 15.2. The summed E-state index contributed by atoms with van der Waals surface area (Å²) in [6, 6.07) is 73.8. The highest BCUT2D eigenvalue weighted by Crippen LogP contribution is 2.38. The Morgan fingerprint density at radius 2 is 1.15 bits per heavy atom. The summed E-state index contributed by atoms with van der Waals surface area (Å²) in [6.45, 7) is 1.46. The summed E-state index contributed by atoms with van der Waals surface area (Å²) >= 11 is 0. The van der Waals surface area contributed by atoms with E-state index < -0.39 is 0 Å². The van der Waals surface area contributed by atoms with Crippen molar-refractivity contribution in [3.8, 4) is 27.9 Å². The van der Waals surface area contributed by atoms with Crippen molar-refractivity contribution in [2.45, 2.75) is 12.7 Å². The molecule has 9 aromatic rings. The van der Waals surface area contributed by atoms with Gasteiger partial charge in [-0.15, -0.1) is 0 Å². The SMILES string of the molecule is C1=Cc2c(c3ccccc3n(-c3ccccc3)c3ccccc3c3cc(-c4ccc(-c5cccc(CNC(N=Cc6ccccc6)c6ccccc6)c5)cc4)ccc23)NC1.